The van der Waals surface area contributed by atoms with E-state index in [1.165, 1.54) is 0 Å². The lowest BCUT2D eigenvalue weighted by molar-refractivity contribution is -0.109. The molecule has 0 atom stereocenters. The Bertz CT molecular complexity index is 49.0. The minimum atomic E-state index is 0.728. The van der Waals surface area contributed by atoms with Gasteiger partial charge in [0.15, 0.2) is 0 Å². The monoisotopic (exact) mass is 213 g/mol. The number of amides is 1. The zero-order valence-corrected chi connectivity index (χ0v) is 6.14. The Hall–Kier alpha value is 0.200. The van der Waals surface area contributed by atoms with E-state index in [0.29, 0.717) is 0 Å². The van der Waals surface area contributed by atoms with Crippen LogP contribution in [0.5, 0.6) is 0 Å². The zero-order valence-electron chi connectivity index (χ0n) is 3.98. The molecule has 3 heteroatoms. The molecule has 0 fully saturated rings. The fourth-order valence-electron chi connectivity index (χ4n) is 0.228. The van der Waals surface area contributed by atoms with E-state index in [4.69, 9.17) is 0 Å². The largest absolute Gasteiger partial charge is 0.359 e. The van der Waals surface area contributed by atoms with Gasteiger partial charge in [-0.2, -0.15) is 0 Å². The smallest absolute Gasteiger partial charge is 0.207 e. The number of hydrogen-bond donors (Lipinski definition) is 1. The quantitative estimate of drug-likeness (QED) is 0.314. The van der Waals surface area contributed by atoms with E-state index in [0.717, 1.165) is 23.8 Å². The number of carbonyl (C=O) groups is 1. The predicted octanol–water partition coefficient (Wildman–Crippen LogP) is 0.558. The number of rotatable bonds is 4. The summed E-state index contributed by atoms with van der Waals surface area (Å²) >= 11 is 2.27. The number of carbonyl (C=O) groups excluding carboxylic acids is 1. The summed E-state index contributed by atoms with van der Waals surface area (Å²) in [5, 5.41) is 2.56. The molecule has 0 aromatic heterocycles. The van der Waals surface area contributed by atoms with Crippen molar-refractivity contribution in [3.63, 3.8) is 0 Å². The second-order valence-electron chi connectivity index (χ2n) is 1.11. The second-order valence-corrected chi connectivity index (χ2v) is 2.19. The first kappa shape index (κ1) is 7.20. The zero-order chi connectivity index (χ0) is 5.54. The van der Waals surface area contributed by atoms with Gasteiger partial charge in [0.05, 0.1) is 0 Å². The van der Waals surface area contributed by atoms with Crippen molar-refractivity contribution in [2.75, 3.05) is 11.0 Å². The molecule has 0 aliphatic carbocycles. The fraction of sp³-hybridized carbons (Fsp3) is 0.750. The Morgan fingerprint density at radius 1 is 1.71 bits per heavy atom. The lowest BCUT2D eigenvalue weighted by atomic mass is 10.5. The Morgan fingerprint density at radius 3 is 2.86 bits per heavy atom. The standard InChI is InChI=1S/C4H8INO/c5-2-1-3-6-4-7/h4H,1-3H2,(H,6,7). The molecular formula is C4H8INO. The third-order valence-corrected chi connectivity index (χ3v) is 1.30. The Kier molecular flexibility index (Phi) is 6.38. The van der Waals surface area contributed by atoms with Crippen molar-refractivity contribution >= 4 is 29.0 Å². The van der Waals surface area contributed by atoms with Gasteiger partial charge in [-0.25, -0.2) is 0 Å². The van der Waals surface area contributed by atoms with Crippen LogP contribution in [0.4, 0.5) is 0 Å². The van der Waals surface area contributed by atoms with Crippen LogP contribution >= 0.6 is 22.6 Å². The van der Waals surface area contributed by atoms with Gasteiger partial charge in [-0.1, -0.05) is 22.6 Å². The highest BCUT2D eigenvalue weighted by molar-refractivity contribution is 14.1. The van der Waals surface area contributed by atoms with Crippen molar-refractivity contribution in [2.45, 2.75) is 6.42 Å². The lowest BCUT2D eigenvalue weighted by Crippen LogP contribution is -2.11. The van der Waals surface area contributed by atoms with E-state index >= 15 is 0 Å². The summed E-state index contributed by atoms with van der Waals surface area (Å²) in [6.07, 6.45) is 1.80. The maximum Gasteiger partial charge on any atom is 0.207 e. The molecule has 1 N–H and O–H groups in total. The molecule has 0 rings (SSSR count). The van der Waals surface area contributed by atoms with Crippen molar-refractivity contribution in [1.29, 1.82) is 0 Å². The topological polar surface area (TPSA) is 29.1 Å². The molecule has 0 aliphatic rings. The van der Waals surface area contributed by atoms with Crippen LogP contribution in [0.3, 0.4) is 0 Å². The maximum atomic E-state index is 9.57. The van der Waals surface area contributed by atoms with Crippen LogP contribution in [0.25, 0.3) is 0 Å². The summed E-state index contributed by atoms with van der Waals surface area (Å²) in [5.41, 5.74) is 0. The first-order valence-electron chi connectivity index (χ1n) is 2.15. The van der Waals surface area contributed by atoms with Crippen molar-refractivity contribution in [3.05, 3.63) is 0 Å². The molecule has 2 nitrogen and oxygen atoms in total. The van der Waals surface area contributed by atoms with Crippen LogP contribution in [-0.4, -0.2) is 17.4 Å². The number of hydrogen-bond acceptors (Lipinski definition) is 1. The van der Waals surface area contributed by atoms with Crippen LogP contribution in [-0.2, 0) is 4.79 Å². The van der Waals surface area contributed by atoms with E-state index in [1.54, 1.807) is 0 Å². The summed E-state index contributed by atoms with van der Waals surface area (Å²) in [4.78, 5) is 9.57. The Balaban J connectivity index is 2.56. The molecular weight excluding hydrogens is 205 g/mol. The van der Waals surface area contributed by atoms with Crippen molar-refractivity contribution in [2.24, 2.45) is 0 Å². The molecule has 0 saturated carbocycles. The lowest BCUT2D eigenvalue weighted by Gasteiger charge is -1.89. The van der Waals surface area contributed by atoms with Crippen LogP contribution in [0, 0.1) is 0 Å². The summed E-state index contributed by atoms with van der Waals surface area (Å²) in [6.45, 7) is 0.812. The fourth-order valence-corrected chi connectivity index (χ4v) is 0.609. The van der Waals surface area contributed by atoms with E-state index in [1.807, 2.05) is 0 Å². The Morgan fingerprint density at radius 2 is 2.43 bits per heavy atom. The van der Waals surface area contributed by atoms with Gasteiger partial charge in [-0.3, -0.25) is 4.79 Å². The second kappa shape index (κ2) is 6.20. The average molecular weight is 213 g/mol. The van der Waals surface area contributed by atoms with E-state index in [-0.39, 0.29) is 0 Å². The van der Waals surface area contributed by atoms with Crippen LogP contribution < -0.4 is 5.32 Å². The molecule has 0 saturated heterocycles. The van der Waals surface area contributed by atoms with Gasteiger partial charge in [0.2, 0.25) is 6.41 Å². The highest BCUT2D eigenvalue weighted by Crippen LogP contribution is 1.83. The molecule has 42 valence electrons. The van der Waals surface area contributed by atoms with E-state index in [2.05, 4.69) is 27.9 Å². The van der Waals surface area contributed by atoms with Gasteiger partial charge in [-0.15, -0.1) is 0 Å². The third kappa shape index (κ3) is 6.20. The van der Waals surface area contributed by atoms with Crippen molar-refractivity contribution in [1.82, 2.24) is 5.32 Å². The first-order chi connectivity index (χ1) is 3.41. The summed E-state index contributed by atoms with van der Waals surface area (Å²) in [5.74, 6) is 0. The molecule has 0 aromatic rings. The third-order valence-electron chi connectivity index (χ3n) is 0.538. The van der Waals surface area contributed by atoms with Gasteiger partial charge in [0.25, 0.3) is 0 Å². The summed E-state index contributed by atoms with van der Waals surface area (Å²) in [6, 6.07) is 0. The SMILES string of the molecule is O=CNCCCI. The summed E-state index contributed by atoms with van der Waals surface area (Å²) in [7, 11) is 0. The molecule has 0 unspecified atom stereocenters. The van der Waals surface area contributed by atoms with Gasteiger partial charge in [0, 0.05) is 11.0 Å². The van der Waals surface area contributed by atoms with Gasteiger partial charge in [0.1, 0.15) is 0 Å². The van der Waals surface area contributed by atoms with Gasteiger partial charge in [-0.05, 0) is 6.42 Å². The van der Waals surface area contributed by atoms with Crippen LogP contribution in [0.15, 0.2) is 0 Å². The number of alkyl halides is 1. The predicted molar refractivity (Wildman–Crippen MR) is 37.6 cm³/mol. The molecule has 0 bridgehead atoms. The van der Waals surface area contributed by atoms with Gasteiger partial charge < -0.3 is 5.32 Å². The first-order valence-corrected chi connectivity index (χ1v) is 3.67. The van der Waals surface area contributed by atoms with E-state index < -0.39 is 0 Å². The normalized spacial score (nSPS) is 8.14. The summed E-state index contributed by atoms with van der Waals surface area (Å²) < 4.78 is 1.11. The molecule has 0 heterocycles. The van der Waals surface area contributed by atoms with E-state index in [9.17, 15) is 4.79 Å². The minimum Gasteiger partial charge on any atom is -0.359 e. The highest BCUT2D eigenvalue weighted by atomic mass is 127. The molecule has 0 aliphatic heterocycles. The molecule has 1 amide bonds. The molecule has 7 heavy (non-hydrogen) atoms. The molecule has 0 aromatic carbocycles. The maximum absolute atomic E-state index is 9.57. The van der Waals surface area contributed by atoms with Crippen molar-refractivity contribution in [3.8, 4) is 0 Å². The Labute approximate surface area is 56.8 Å². The van der Waals surface area contributed by atoms with Crippen molar-refractivity contribution < 1.29 is 4.79 Å². The number of nitrogens with one attached hydrogen (secondary N) is 1. The number of halogens is 1. The van der Waals surface area contributed by atoms with Crippen LogP contribution in [0.2, 0.25) is 0 Å². The molecule has 0 radical (unpaired) electrons. The average Bonchev–Trinajstić information content (AvgIpc) is 1.69. The van der Waals surface area contributed by atoms with Crippen LogP contribution in [0.1, 0.15) is 6.42 Å². The van der Waals surface area contributed by atoms with Gasteiger partial charge >= 0.3 is 0 Å². The molecule has 0 spiro atoms. The highest BCUT2D eigenvalue weighted by Gasteiger charge is 1.77. The minimum absolute atomic E-state index is 0.728.